The average Bonchev–Trinajstić information content (AvgIpc) is 2.35. The van der Waals surface area contributed by atoms with Gasteiger partial charge in [0.05, 0.1) is 0 Å². The first-order valence-corrected chi connectivity index (χ1v) is 6.46. The summed E-state index contributed by atoms with van der Waals surface area (Å²) in [5.41, 5.74) is 2.60. The van der Waals surface area contributed by atoms with Crippen LogP contribution in [-0.2, 0) is 6.42 Å². The zero-order chi connectivity index (χ0) is 12.5. The normalized spacial score (nSPS) is 14.2. The molecule has 0 spiro atoms. The molecule has 92 valence electrons. The van der Waals surface area contributed by atoms with Gasteiger partial charge in [-0.1, -0.05) is 50.3 Å². The van der Waals surface area contributed by atoms with E-state index in [9.17, 15) is 0 Å². The number of nitrogens with zero attached hydrogens (tertiary/aromatic N) is 1. The molecule has 0 aliphatic carbocycles. The first kappa shape index (κ1) is 13.7. The summed E-state index contributed by atoms with van der Waals surface area (Å²) in [7, 11) is 0. The van der Waals surface area contributed by atoms with Gasteiger partial charge in [0.25, 0.3) is 0 Å². The van der Waals surface area contributed by atoms with E-state index < -0.39 is 0 Å². The highest BCUT2D eigenvalue weighted by Crippen LogP contribution is 2.08. The molecule has 0 N–H and O–H groups in total. The molecule has 1 heteroatoms. The maximum absolute atomic E-state index is 4.66. The number of hydrogen-bond donors (Lipinski definition) is 0. The van der Waals surface area contributed by atoms with Gasteiger partial charge in [-0.25, -0.2) is 0 Å². The quantitative estimate of drug-likeness (QED) is 0.645. The van der Waals surface area contributed by atoms with E-state index in [2.05, 4.69) is 61.3 Å². The number of hydrogen-bond acceptors (Lipinski definition) is 1. The van der Waals surface area contributed by atoms with E-state index in [-0.39, 0.29) is 0 Å². The fraction of sp³-hybridized carbons (Fsp3) is 0.438. The third-order valence-electron chi connectivity index (χ3n) is 2.75. The van der Waals surface area contributed by atoms with Crippen LogP contribution in [0.25, 0.3) is 0 Å². The lowest BCUT2D eigenvalue weighted by molar-refractivity contribution is 0.594. The molecule has 0 aliphatic heterocycles. The molecule has 1 atom stereocenters. The van der Waals surface area contributed by atoms with Gasteiger partial charge in [0.15, 0.2) is 0 Å². The second-order valence-electron chi connectivity index (χ2n) is 4.48. The van der Waals surface area contributed by atoms with E-state index in [0.29, 0.717) is 5.92 Å². The van der Waals surface area contributed by atoms with Crippen LogP contribution in [0.2, 0.25) is 0 Å². The lowest BCUT2D eigenvalue weighted by atomic mass is 10.0. The van der Waals surface area contributed by atoms with Gasteiger partial charge in [0, 0.05) is 12.3 Å². The second kappa shape index (κ2) is 7.83. The Morgan fingerprint density at radius 3 is 2.59 bits per heavy atom. The molecule has 1 unspecified atom stereocenters. The molecular weight excluding hydrogens is 206 g/mol. The second-order valence-corrected chi connectivity index (χ2v) is 4.48. The van der Waals surface area contributed by atoms with Crippen LogP contribution in [0, 0.1) is 5.92 Å². The van der Waals surface area contributed by atoms with Crippen LogP contribution in [-0.4, -0.2) is 12.3 Å². The molecule has 0 radical (unpaired) electrons. The van der Waals surface area contributed by atoms with Crippen LogP contribution < -0.4 is 0 Å². The summed E-state index contributed by atoms with van der Waals surface area (Å²) in [5.74, 6) is 0.601. The SMILES string of the molecule is C/C=C\C(CC)=NCC(C)Cc1ccccc1. The van der Waals surface area contributed by atoms with E-state index in [0.717, 1.165) is 19.4 Å². The van der Waals surface area contributed by atoms with Gasteiger partial charge in [-0.05, 0) is 37.3 Å². The number of allylic oxidation sites excluding steroid dienone is 2. The van der Waals surface area contributed by atoms with Crippen molar-refractivity contribution in [3.8, 4) is 0 Å². The summed E-state index contributed by atoms with van der Waals surface area (Å²) in [6.45, 7) is 7.38. The van der Waals surface area contributed by atoms with Gasteiger partial charge >= 0.3 is 0 Å². The minimum atomic E-state index is 0.601. The predicted molar refractivity (Wildman–Crippen MR) is 76.7 cm³/mol. The number of benzene rings is 1. The Balaban J connectivity index is 2.47. The van der Waals surface area contributed by atoms with Gasteiger partial charge in [-0.15, -0.1) is 0 Å². The molecule has 0 heterocycles. The molecule has 0 amide bonds. The first-order valence-electron chi connectivity index (χ1n) is 6.46. The Morgan fingerprint density at radius 2 is 2.00 bits per heavy atom. The minimum absolute atomic E-state index is 0.601. The Kier molecular flexibility index (Phi) is 6.31. The number of aliphatic imine (C=N–C) groups is 1. The van der Waals surface area contributed by atoms with Crippen molar-refractivity contribution in [1.29, 1.82) is 0 Å². The summed E-state index contributed by atoms with van der Waals surface area (Å²) in [6.07, 6.45) is 6.29. The Bertz CT molecular complexity index is 362. The minimum Gasteiger partial charge on any atom is -0.290 e. The lowest BCUT2D eigenvalue weighted by Gasteiger charge is -2.09. The molecule has 1 nitrogen and oxygen atoms in total. The summed E-state index contributed by atoms with van der Waals surface area (Å²) in [5, 5.41) is 0. The Labute approximate surface area is 105 Å². The smallest absolute Gasteiger partial charge is 0.0421 e. The monoisotopic (exact) mass is 229 g/mol. The fourth-order valence-electron chi connectivity index (χ4n) is 1.83. The fourth-order valence-corrected chi connectivity index (χ4v) is 1.83. The molecule has 0 bridgehead atoms. The average molecular weight is 229 g/mol. The van der Waals surface area contributed by atoms with E-state index in [1.165, 1.54) is 11.3 Å². The van der Waals surface area contributed by atoms with E-state index in [4.69, 9.17) is 0 Å². The summed E-state index contributed by atoms with van der Waals surface area (Å²) in [6, 6.07) is 10.6. The zero-order valence-corrected chi connectivity index (χ0v) is 11.2. The highest BCUT2D eigenvalue weighted by Gasteiger charge is 2.02. The van der Waals surface area contributed by atoms with Gasteiger partial charge in [0.1, 0.15) is 0 Å². The van der Waals surface area contributed by atoms with Crippen molar-refractivity contribution in [2.45, 2.75) is 33.6 Å². The van der Waals surface area contributed by atoms with Gasteiger partial charge in [-0.3, -0.25) is 4.99 Å². The van der Waals surface area contributed by atoms with Crippen LogP contribution in [0.3, 0.4) is 0 Å². The van der Waals surface area contributed by atoms with Gasteiger partial charge in [0.2, 0.25) is 0 Å². The summed E-state index contributed by atoms with van der Waals surface area (Å²) < 4.78 is 0. The van der Waals surface area contributed by atoms with Crippen molar-refractivity contribution in [3.05, 3.63) is 48.0 Å². The van der Waals surface area contributed by atoms with Crippen LogP contribution in [0.4, 0.5) is 0 Å². The molecule has 0 aromatic heterocycles. The third kappa shape index (κ3) is 5.48. The topological polar surface area (TPSA) is 12.4 Å². The first-order chi connectivity index (χ1) is 8.26. The highest BCUT2D eigenvalue weighted by molar-refractivity contribution is 5.94. The summed E-state index contributed by atoms with van der Waals surface area (Å²) in [4.78, 5) is 4.66. The lowest BCUT2D eigenvalue weighted by Crippen LogP contribution is -2.05. The Hall–Kier alpha value is -1.37. The number of rotatable bonds is 6. The van der Waals surface area contributed by atoms with Crippen molar-refractivity contribution in [2.24, 2.45) is 10.9 Å². The summed E-state index contributed by atoms with van der Waals surface area (Å²) >= 11 is 0. The molecule has 1 aromatic carbocycles. The van der Waals surface area contributed by atoms with Crippen LogP contribution >= 0.6 is 0 Å². The molecular formula is C16H23N. The molecule has 1 rings (SSSR count). The Morgan fingerprint density at radius 1 is 1.29 bits per heavy atom. The van der Waals surface area contributed by atoms with Crippen molar-refractivity contribution in [1.82, 2.24) is 0 Å². The molecule has 0 saturated heterocycles. The van der Waals surface area contributed by atoms with Crippen molar-refractivity contribution in [2.75, 3.05) is 6.54 Å². The van der Waals surface area contributed by atoms with Crippen molar-refractivity contribution >= 4 is 5.71 Å². The molecule has 1 aromatic rings. The van der Waals surface area contributed by atoms with E-state index in [1.807, 2.05) is 6.92 Å². The van der Waals surface area contributed by atoms with Crippen LogP contribution in [0.1, 0.15) is 32.8 Å². The maximum Gasteiger partial charge on any atom is 0.0421 e. The highest BCUT2D eigenvalue weighted by atomic mass is 14.7. The zero-order valence-electron chi connectivity index (χ0n) is 11.2. The van der Waals surface area contributed by atoms with E-state index >= 15 is 0 Å². The van der Waals surface area contributed by atoms with Gasteiger partial charge in [-0.2, -0.15) is 0 Å². The predicted octanol–water partition coefficient (Wildman–Crippen LogP) is 4.29. The molecule has 17 heavy (non-hydrogen) atoms. The van der Waals surface area contributed by atoms with Crippen LogP contribution in [0.15, 0.2) is 47.5 Å². The molecule has 0 fully saturated rings. The standard InChI is InChI=1S/C16H23N/c1-4-9-16(5-2)17-13-14(3)12-15-10-7-6-8-11-15/h4,6-11,14H,5,12-13H2,1-3H3/b9-4-,17-16?. The third-order valence-corrected chi connectivity index (χ3v) is 2.75. The molecule has 0 saturated carbocycles. The largest absolute Gasteiger partial charge is 0.290 e. The van der Waals surface area contributed by atoms with E-state index in [1.54, 1.807) is 0 Å². The maximum atomic E-state index is 4.66. The van der Waals surface area contributed by atoms with Gasteiger partial charge < -0.3 is 0 Å². The molecule has 0 aliphatic rings. The van der Waals surface area contributed by atoms with Crippen molar-refractivity contribution < 1.29 is 0 Å². The van der Waals surface area contributed by atoms with Crippen LogP contribution in [0.5, 0.6) is 0 Å². The van der Waals surface area contributed by atoms with Crippen molar-refractivity contribution in [3.63, 3.8) is 0 Å².